The lowest BCUT2D eigenvalue weighted by Gasteiger charge is -2.22. The molecule has 98 valence electrons. The maximum atomic E-state index is 12.3. The highest BCUT2D eigenvalue weighted by Gasteiger charge is 2.39. The summed E-state index contributed by atoms with van der Waals surface area (Å²) < 4.78 is 1.23. The number of thiazole rings is 1. The average Bonchev–Trinajstić information content (AvgIpc) is 3.02. The topological polar surface area (TPSA) is 33.2 Å². The number of carbonyl (C=O) groups excluding carboxylic acids is 1. The van der Waals surface area contributed by atoms with Gasteiger partial charge in [0.15, 0.2) is 0 Å². The first-order valence-electron chi connectivity index (χ1n) is 6.99. The summed E-state index contributed by atoms with van der Waals surface area (Å²) in [5.41, 5.74) is 1.06. The molecule has 19 heavy (non-hydrogen) atoms. The van der Waals surface area contributed by atoms with Gasteiger partial charge in [-0.1, -0.05) is 12.1 Å². The van der Waals surface area contributed by atoms with Crippen LogP contribution in [0.15, 0.2) is 24.3 Å². The second-order valence-electron chi connectivity index (χ2n) is 5.48. The number of likely N-dealkylation sites (tertiary alicyclic amines) is 1. The lowest BCUT2D eigenvalue weighted by molar-refractivity contribution is -0.133. The number of carbonyl (C=O) groups is 1. The number of rotatable bonds is 2. The van der Waals surface area contributed by atoms with Gasteiger partial charge in [0, 0.05) is 12.5 Å². The third-order valence-electron chi connectivity index (χ3n) is 4.06. The zero-order valence-corrected chi connectivity index (χ0v) is 11.5. The van der Waals surface area contributed by atoms with Crippen molar-refractivity contribution in [2.24, 2.45) is 5.92 Å². The Labute approximate surface area is 116 Å². The molecule has 0 unspecified atom stereocenters. The van der Waals surface area contributed by atoms with Crippen molar-refractivity contribution >= 4 is 27.5 Å². The number of para-hydroxylation sites is 1. The molecule has 0 spiro atoms. The first kappa shape index (κ1) is 11.4. The average molecular weight is 272 g/mol. The normalized spacial score (nSPS) is 23.2. The second-order valence-corrected chi connectivity index (χ2v) is 6.55. The number of amides is 1. The molecule has 2 aromatic rings. The summed E-state index contributed by atoms with van der Waals surface area (Å²) in [6.07, 6.45) is 4.35. The lowest BCUT2D eigenvalue weighted by Crippen LogP contribution is -2.31. The van der Waals surface area contributed by atoms with Gasteiger partial charge in [0.25, 0.3) is 0 Å². The van der Waals surface area contributed by atoms with Crippen molar-refractivity contribution in [2.45, 2.75) is 31.7 Å². The number of benzene rings is 1. The van der Waals surface area contributed by atoms with Crippen LogP contribution in [0.4, 0.5) is 0 Å². The van der Waals surface area contributed by atoms with Crippen molar-refractivity contribution in [1.82, 2.24) is 9.88 Å². The van der Waals surface area contributed by atoms with E-state index in [0.29, 0.717) is 11.8 Å². The zero-order chi connectivity index (χ0) is 12.8. The Morgan fingerprint density at radius 2 is 2.11 bits per heavy atom. The van der Waals surface area contributed by atoms with E-state index in [4.69, 9.17) is 4.98 Å². The molecule has 1 aromatic carbocycles. The molecule has 2 fully saturated rings. The Morgan fingerprint density at radius 3 is 2.89 bits per heavy atom. The molecule has 1 aliphatic heterocycles. The van der Waals surface area contributed by atoms with E-state index >= 15 is 0 Å². The van der Waals surface area contributed by atoms with Crippen molar-refractivity contribution in [3.05, 3.63) is 29.3 Å². The van der Waals surface area contributed by atoms with Crippen LogP contribution < -0.4 is 0 Å². The molecule has 2 heterocycles. The molecule has 0 N–H and O–H groups in total. The van der Waals surface area contributed by atoms with Gasteiger partial charge in [-0.05, 0) is 37.8 Å². The molecule has 1 aliphatic carbocycles. The van der Waals surface area contributed by atoms with E-state index < -0.39 is 0 Å². The van der Waals surface area contributed by atoms with E-state index in [2.05, 4.69) is 17.0 Å². The van der Waals surface area contributed by atoms with Crippen LogP contribution in [0, 0.1) is 5.92 Å². The molecular formula is C15H16N2OS. The molecule has 1 amide bonds. The summed E-state index contributed by atoms with van der Waals surface area (Å²) in [5.74, 6) is 0.678. The quantitative estimate of drug-likeness (QED) is 0.839. The van der Waals surface area contributed by atoms with Gasteiger partial charge in [-0.2, -0.15) is 0 Å². The number of nitrogens with zero attached hydrogens (tertiary/aromatic N) is 2. The summed E-state index contributed by atoms with van der Waals surface area (Å²) in [6.45, 7) is 0.913. The van der Waals surface area contributed by atoms with Gasteiger partial charge in [0.1, 0.15) is 5.01 Å². The molecule has 0 bridgehead atoms. The van der Waals surface area contributed by atoms with Gasteiger partial charge in [-0.15, -0.1) is 11.3 Å². The predicted octanol–water partition coefficient (Wildman–Crippen LogP) is 3.37. The summed E-state index contributed by atoms with van der Waals surface area (Å²) >= 11 is 1.74. The van der Waals surface area contributed by atoms with E-state index in [1.54, 1.807) is 11.3 Å². The van der Waals surface area contributed by atoms with E-state index in [-0.39, 0.29) is 6.04 Å². The standard InChI is InChI=1S/C15H16N2OS/c18-15(10-7-8-10)17-9-3-5-12(17)14-16-11-4-1-2-6-13(11)19-14/h1-2,4,6,10,12H,3,5,7-9H2/t12-/m0/s1. The Morgan fingerprint density at radius 1 is 1.26 bits per heavy atom. The van der Waals surface area contributed by atoms with Crippen molar-refractivity contribution in [1.29, 1.82) is 0 Å². The summed E-state index contributed by atoms with van der Waals surface area (Å²) in [6, 6.07) is 8.46. The third kappa shape index (κ3) is 1.94. The number of hydrogen-bond acceptors (Lipinski definition) is 3. The fraction of sp³-hybridized carbons (Fsp3) is 0.467. The van der Waals surface area contributed by atoms with Crippen molar-refractivity contribution in [2.75, 3.05) is 6.54 Å². The van der Waals surface area contributed by atoms with Gasteiger partial charge < -0.3 is 4.90 Å². The van der Waals surface area contributed by atoms with Crippen molar-refractivity contribution in [3.8, 4) is 0 Å². The van der Waals surface area contributed by atoms with E-state index in [0.717, 1.165) is 42.8 Å². The zero-order valence-electron chi connectivity index (χ0n) is 10.7. The van der Waals surface area contributed by atoms with E-state index in [9.17, 15) is 4.79 Å². The molecule has 1 aromatic heterocycles. The predicted molar refractivity (Wildman–Crippen MR) is 76.0 cm³/mol. The fourth-order valence-electron chi connectivity index (χ4n) is 2.88. The molecule has 1 saturated heterocycles. The molecule has 0 radical (unpaired) electrons. The Kier molecular flexibility index (Phi) is 2.58. The van der Waals surface area contributed by atoms with Gasteiger partial charge >= 0.3 is 0 Å². The minimum atomic E-state index is 0.227. The van der Waals surface area contributed by atoms with Crippen LogP contribution in [0.2, 0.25) is 0 Å². The van der Waals surface area contributed by atoms with Crippen LogP contribution >= 0.6 is 11.3 Å². The number of hydrogen-bond donors (Lipinski definition) is 0. The van der Waals surface area contributed by atoms with Crippen LogP contribution in [0.1, 0.15) is 36.7 Å². The monoisotopic (exact) mass is 272 g/mol. The molecule has 1 atom stereocenters. The molecule has 2 aliphatic rings. The highest BCUT2D eigenvalue weighted by atomic mass is 32.1. The maximum absolute atomic E-state index is 12.3. The van der Waals surface area contributed by atoms with Crippen LogP contribution in [0.3, 0.4) is 0 Å². The fourth-order valence-corrected chi connectivity index (χ4v) is 4.00. The van der Waals surface area contributed by atoms with Crippen LogP contribution in [0.5, 0.6) is 0 Å². The van der Waals surface area contributed by atoms with Crippen molar-refractivity contribution in [3.63, 3.8) is 0 Å². The number of fused-ring (bicyclic) bond motifs is 1. The smallest absolute Gasteiger partial charge is 0.226 e. The minimum Gasteiger partial charge on any atom is -0.333 e. The van der Waals surface area contributed by atoms with Crippen LogP contribution in [0.25, 0.3) is 10.2 Å². The van der Waals surface area contributed by atoms with Gasteiger partial charge in [-0.3, -0.25) is 4.79 Å². The van der Waals surface area contributed by atoms with Crippen molar-refractivity contribution < 1.29 is 4.79 Å². The molecule has 3 nitrogen and oxygen atoms in total. The van der Waals surface area contributed by atoms with Crippen LogP contribution in [-0.2, 0) is 4.79 Å². The van der Waals surface area contributed by atoms with E-state index in [1.807, 2.05) is 12.1 Å². The Hall–Kier alpha value is -1.42. The first-order chi connectivity index (χ1) is 9.33. The maximum Gasteiger partial charge on any atom is 0.226 e. The second kappa shape index (κ2) is 4.30. The summed E-state index contributed by atoms with van der Waals surface area (Å²) in [4.78, 5) is 19.1. The van der Waals surface area contributed by atoms with Gasteiger partial charge in [-0.25, -0.2) is 4.98 Å². The van der Waals surface area contributed by atoms with Gasteiger partial charge in [0.05, 0.1) is 16.3 Å². The minimum absolute atomic E-state index is 0.227. The molecular weight excluding hydrogens is 256 g/mol. The SMILES string of the molecule is O=C(C1CC1)N1CCC[C@H]1c1nc2ccccc2s1. The highest BCUT2D eigenvalue weighted by molar-refractivity contribution is 7.18. The lowest BCUT2D eigenvalue weighted by atomic mass is 10.2. The van der Waals surface area contributed by atoms with Crippen LogP contribution in [-0.4, -0.2) is 22.3 Å². The Balaban J connectivity index is 1.67. The highest BCUT2D eigenvalue weighted by Crippen LogP contribution is 2.40. The number of aromatic nitrogens is 1. The molecule has 1 saturated carbocycles. The third-order valence-corrected chi connectivity index (χ3v) is 5.20. The molecule has 4 heteroatoms. The summed E-state index contributed by atoms with van der Waals surface area (Å²) in [5, 5.41) is 1.12. The summed E-state index contributed by atoms with van der Waals surface area (Å²) in [7, 11) is 0. The first-order valence-corrected chi connectivity index (χ1v) is 7.80. The molecule has 4 rings (SSSR count). The van der Waals surface area contributed by atoms with E-state index in [1.165, 1.54) is 4.70 Å². The Bertz CT molecular complexity index is 599. The van der Waals surface area contributed by atoms with Gasteiger partial charge in [0.2, 0.25) is 5.91 Å². The largest absolute Gasteiger partial charge is 0.333 e.